The molecule has 0 heterocycles. The number of ether oxygens (including phenoxy) is 3. The van der Waals surface area contributed by atoms with Crippen LogP contribution in [0.4, 0.5) is 39.5 Å². The van der Waals surface area contributed by atoms with Crippen LogP contribution in [0.15, 0.2) is 0 Å². The third-order valence-corrected chi connectivity index (χ3v) is 12.5. The number of alkyl halides is 9. The Morgan fingerprint density at radius 1 is 0.422 bits per heavy atom. The fourth-order valence-corrected chi connectivity index (χ4v) is 11.6. The van der Waals surface area contributed by atoms with Crippen LogP contribution in [-0.2, 0) is 28.6 Å². The zero-order valence-electron chi connectivity index (χ0n) is 23.9. The van der Waals surface area contributed by atoms with Gasteiger partial charge in [0.1, 0.15) is 17.3 Å². The molecule has 9 atom stereocenters. The highest BCUT2D eigenvalue weighted by molar-refractivity contribution is 5.96. The highest BCUT2D eigenvalue weighted by Crippen LogP contribution is 2.70. The lowest BCUT2D eigenvalue weighted by Gasteiger charge is -2.48. The van der Waals surface area contributed by atoms with Gasteiger partial charge in [0, 0.05) is 35.5 Å². The van der Waals surface area contributed by atoms with Crippen LogP contribution in [0.2, 0.25) is 0 Å². The van der Waals surface area contributed by atoms with Crippen molar-refractivity contribution in [1.29, 1.82) is 0 Å². The molecule has 7 aliphatic rings. The maximum absolute atomic E-state index is 14.2. The van der Waals surface area contributed by atoms with E-state index in [1.807, 2.05) is 0 Å². The monoisotopic (exact) mass is 660 g/mol. The van der Waals surface area contributed by atoms with Crippen LogP contribution >= 0.6 is 0 Å². The molecule has 7 fully saturated rings. The first-order chi connectivity index (χ1) is 20.9. The van der Waals surface area contributed by atoms with Crippen molar-refractivity contribution in [3.63, 3.8) is 0 Å². The van der Waals surface area contributed by atoms with Gasteiger partial charge in [-0.1, -0.05) is 0 Å². The number of carbonyl (C=O) groups excluding carboxylic acids is 3. The van der Waals surface area contributed by atoms with Crippen molar-refractivity contribution in [2.24, 2.45) is 71.0 Å². The Bertz CT molecular complexity index is 1070. The first kappa shape index (κ1) is 31.8. The standard InChI is InChI=1S/C30H33F9O6/c31-28(32,33)43-10-1-4-13-16(7-10)25(40)22-19(13)23-21(14-5-2-11(44-29(34,35)36)8-17(14)26(23)41)24-20(22)15-6-3-12(45-30(37,38)39)9-18(15)27(24)42/h10-24H,1-9H2. The van der Waals surface area contributed by atoms with Crippen LogP contribution in [0.1, 0.15) is 57.8 Å². The lowest BCUT2D eigenvalue weighted by Crippen LogP contribution is -2.50. The molecule has 0 spiro atoms. The van der Waals surface area contributed by atoms with Gasteiger partial charge in [0.25, 0.3) is 0 Å². The summed E-state index contributed by atoms with van der Waals surface area (Å²) < 4.78 is 131. The maximum atomic E-state index is 14.2. The van der Waals surface area contributed by atoms with Gasteiger partial charge >= 0.3 is 19.1 Å². The highest BCUT2D eigenvalue weighted by atomic mass is 19.4. The average molecular weight is 661 g/mol. The molecule has 0 aliphatic heterocycles. The van der Waals surface area contributed by atoms with E-state index < -0.39 is 108 Å². The smallest absolute Gasteiger partial charge is 0.299 e. The molecule has 0 aromatic rings. The SMILES string of the molecule is O=C1C2CC(OC(F)(F)F)CCC2C2C1C1C3CCC(OC(F)(F)F)CC3C(=O)C1C1C3CCC(OC(F)(F)F)CC3C(=O)C21. The molecule has 0 amide bonds. The second kappa shape index (κ2) is 10.6. The van der Waals surface area contributed by atoms with Gasteiger partial charge in [0.15, 0.2) is 0 Å². The number of hydrogen-bond acceptors (Lipinski definition) is 6. The van der Waals surface area contributed by atoms with Crippen LogP contribution in [0.25, 0.3) is 0 Å². The van der Waals surface area contributed by atoms with E-state index in [4.69, 9.17) is 0 Å². The fraction of sp³-hybridized carbons (Fsp3) is 0.900. The molecule has 7 saturated carbocycles. The Hall–Kier alpha value is -1.74. The Labute approximate surface area is 252 Å². The van der Waals surface area contributed by atoms with Crippen LogP contribution in [0, 0.1) is 71.0 Å². The van der Waals surface area contributed by atoms with E-state index in [0.717, 1.165) is 0 Å². The molecule has 0 aromatic carbocycles. The minimum atomic E-state index is -4.91. The Balaban J connectivity index is 1.24. The van der Waals surface area contributed by atoms with E-state index in [-0.39, 0.29) is 75.1 Å². The summed E-state index contributed by atoms with van der Waals surface area (Å²) in [4.78, 5) is 42.6. The molecule has 0 N–H and O–H groups in total. The highest BCUT2D eigenvalue weighted by Gasteiger charge is 2.73. The molecule has 6 nitrogen and oxygen atoms in total. The third kappa shape index (κ3) is 5.44. The van der Waals surface area contributed by atoms with E-state index in [0.29, 0.717) is 0 Å². The van der Waals surface area contributed by atoms with E-state index in [1.54, 1.807) is 0 Å². The molecule has 0 bridgehead atoms. The lowest BCUT2D eigenvalue weighted by atomic mass is 9.54. The van der Waals surface area contributed by atoms with Gasteiger partial charge in [-0.05, 0) is 93.3 Å². The van der Waals surface area contributed by atoms with Crippen molar-refractivity contribution in [3.05, 3.63) is 0 Å². The molecule has 45 heavy (non-hydrogen) atoms. The summed E-state index contributed by atoms with van der Waals surface area (Å²) in [5, 5.41) is 0. The van der Waals surface area contributed by atoms with Gasteiger partial charge in [0.05, 0.1) is 18.3 Å². The second-order valence-electron chi connectivity index (χ2n) is 14.3. The molecular weight excluding hydrogens is 627 g/mol. The van der Waals surface area contributed by atoms with E-state index >= 15 is 0 Å². The van der Waals surface area contributed by atoms with Gasteiger partial charge in [-0.25, -0.2) is 0 Å². The summed E-state index contributed by atoms with van der Waals surface area (Å²) in [6.07, 6.45) is -18.5. The first-order valence-electron chi connectivity index (χ1n) is 15.8. The topological polar surface area (TPSA) is 78.9 Å². The normalized spacial score (nSPS) is 47.9. The molecule has 0 aromatic heterocycles. The van der Waals surface area contributed by atoms with Gasteiger partial charge in [-0.2, -0.15) is 0 Å². The summed E-state index contributed by atoms with van der Waals surface area (Å²) in [6, 6.07) is 0. The zero-order chi connectivity index (χ0) is 32.4. The van der Waals surface area contributed by atoms with Crippen molar-refractivity contribution in [2.75, 3.05) is 0 Å². The van der Waals surface area contributed by atoms with Crippen LogP contribution in [0.5, 0.6) is 0 Å². The van der Waals surface area contributed by atoms with Crippen molar-refractivity contribution < 1.29 is 68.1 Å². The Morgan fingerprint density at radius 2 is 0.667 bits per heavy atom. The second-order valence-corrected chi connectivity index (χ2v) is 14.3. The Kier molecular flexibility index (Phi) is 7.52. The lowest BCUT2D eigenvalue weighted by molar-refractivity contribution is -0.347. The zero-order valence-corrected chi connectivity index (χ0v) is 23.9. The van der Waals surface area contributed by atoms with Gasteiger partial charge < -0.3 is 0 Å². The van der Waals surface area contributed by atoms with Crippen LogP contribution in [0.3, 0.4) is 0 Å². The summed E-state index contributed by atoms with van der Waals surface area (Å²) in [6.45, 7) is 0. The Morgan fingerprint density at radius 3 is 0.889 bits per heavy atom. The predicted octanol–water partition coefficient (Wildman–Crippen LogP) is 6.41. The summed E-state index contributed by atoms with van der Waals surface area (Å²) in [5.41, 5.74) is 0. The number of Topliss-reactive ketones (excluding diaryl/α,β-unsaturated/α-hetero) is 3. The van der Waals surface area contributed by atoms with Gasteiger partial charge in [0.2, 0.25) is 0 Å². The fourth-order valence-electron chi connectivity index (χ4n) is 11.6. The van der Waals surface area contributed by atoms with Crippen molar-refractivity contribution in [2.45, 2.75) is 95.2 Å². The van der Waals surface area contributed by atoms with Crippen molar-refractivity contribution in [1.82, 2.24) is 0 Å². The van der Waals surface area contributed by atoms with Crippen molar-refractivity contribution in [3.8, 4) is 0 Å². The molecular formula is C30H33F9O6. The largest absolute Gasteiger partial charge is 0.522 e. The number of fused-ring (bicyclic) bond motifs is 12. The number of rotatable bonds is 3. The van der Waals surface area contributed by atoms with Gasteiger partial charge in [-0.15, -0.1) is 39.5 Å². The predicted molar refractivity (Wildman–Crippen MR) is 131 cm³/mol. The quantitative estimate of drug-likeness (QED) is 0.326. The molecule has 252 valence electrons. The minimum absolute atomic E-state index is 0.00660. The maximum Gasteiger partial charge on any atom is 0.522 e. The number of halogens is 9. The van der Waals surface area contributed by atoms with E-state index in [2.05, 4.69) is 14.2 Å². The third-order valence-electron chi connectivity index (χ3n) is 12.5. The number of hydrogen-bond donors (Lipinski definition) is 0. The molecule has 0 radical (unpaired) electrons. The van der Waals surface area contributed by atoms with Crippen molar-refractivity contribution >= 4 is 17.3 Å². The van der Waals surface area contributed by atoms with Gasteiger partial charge in [-0.3, -0.25) is 28.6 Å². The number of ketones is 3. The molecule has 0 saturated heterocycles. The molecule has 15 heteroatoms. The van der Waals surface area contributed by atoms with Crippen LogP contribution < -0.4 is 0 Å². The molecule has 7 aliphatic carbocycles. The minimum Gasteiger partial charge on any atom is -0.299 e. The summed E-state index contributed by atoms with van der Waals surface area (Å²) in [5.74, 6) is -9.08. The first-order valence-corrected chi connectivity index (χ1v) is 15.8. The summed E-state index contributed by atoms with van der Waals surface area (Å²) >= 11 is 0. The summed E-state index contributed by atoms with van der Waals surface area (Å²) in [7, 11) is 0. The van der Waals surface area contributed by atoms with E-state index in [1.165, 1.54) is 0 Å². The molecule has 9 unspecified atom stereocenters. The van der Waals surface area contributed by atoms with Crippen LogP contribution in [-0.4, -0.2) is 54.7 Å². The molecule has 7 rings (SSSR count). The number of carbonyl (C=O) groups is 3. The average Bonchev–Trinajstić information content (AvgIpc) is 3.47. The van der Waals surface area contributed by atoms with E-state index in [9.17, 15) is 53.9 Å².